The normalized spacial score (nSPS) is 18.3. The molecule has 3 heterocycles. The van der Waals surface area contributed by atoms with Gasteiger partial charge in [0.2, 0.25) is 0 Å². The van der Waals surface area contributed by atoms with E-state index in [2.05, 4.69) is 57.2 Å². The molecule has 0 saturated carbocycles. The smallest absolute Gasteiger partial charge is 0.256 e. The molecular weight excluding hydrogens is 322 g/mol. The Hall–Kier alpha value is -2.59. The molecule has 1 N–H and O–H groups in total. The zero-order valence-corrected chi connectivity index (χ0v) is 14.8. The number of nitrogens with one attached hydrogen (secondary N) is 1. The van der Waals surface area contributed by atoms with Crippen molar-refractivity contribution in [2.75, 3.05) is 19.6 Å². The lowest BCUT2D eigenvalue weighted by atomic mass is 9.98. The zero-order chi connectivity index (χ0) is 17.5. The summed E-state index contributed by atoms with van der Waals surface area (Å²) in [6.45, 7) is 2.83. The van der Waals surface area contributed by atoms with Gasteiger partial charge in [0.15, 0.2) is 0 Å². The highest BCUT2D eigenvalue weighted by Gasteiger charge is 2.34. The van der Waals surface area contributed by atoms with Gasteiger partial charge in [0, 0.05) is 35.8 Å². The lowest BCUT2D eigenvalue weighted by Crippen LogP contribution is -2.49. The van der Waals surface area contributed by atoms with Gasteiger partial charge >= 0.3 is 0 Å². The predicted octanol–water partition coefficient (Wildman–Crippen LogP) is 3.38. The number of nitrogens with zero attached hydrogens (tertiary/aromatic N) is 2. The molecule has 1 fully saturated rings. The molecule has 5 rings (SSSR count). The van der Waals surface area contributed by atoms with E-state index in [1.807, 2.05) is 12.1 Å². The van der Waals surface area contributed by atoms with Crippen LogP contribution in [0.25, 0.3) is 16.6 Å². The van der Waals surface area contributed by atoms with Crippen molar-refractivity contribution in [1.29, 1.82) is 0 Å². The predicted molar refractivity (Wildman–Crippen MR) is 104 cm³/mol. The topological polar surface area (TPSA) is 37.3 Å². The van der Waals surface area contributed by atoms with Gasteiger partial charge in [0.1, 0.15) is 0 Å². The average molecular weight is 345 g/mol. The van der Waals surface area contributed by atoms with Crippen LogP contribution in [-0.4, -0.2) is 41.1 Å². The Morgan fingerprint density at radius 1 is 0.923 bits per heavy atom. The van der Waals surface area contributed by atoms with E-state index in [0.717, 1.165) is 66.7 Å². The molecule has 2 aromatic carbocycles. The van der Waals surface area contributed by atoms with Gasteiger partial charge in [-0.25, -0.2) is 0 Å². The van der Waals surface area contributed by atoms with Crippen molar-refractivity contribution in [3.63, 3.8) is 0 Å². The monoisotopic (exact) mass is 345 g/mol. The van der Waals surface area contributed by atoms with E-state index in [0.29, 0.717) is 6.04 Å². The first-order valence-electron chi connectivity index (χ1n) is 9.54. The molecule has 0 aliphatic carbocycles. The number of hydrogen-bond acceptors (Lipinski definition) is 2. The lowest BCUT2D eigenvalue weighted by molar-refractivity contribution is 0.0624. The molecular formula is C22H23N3O. The minimum Gasteiger partial charge on any atom is -0.335 e. The number of fused-ring (bicyclic) bond motifs is 3. The van der Waals surface area contributed by atoms with E-state index in [9.17, 15) is 4.79 Å². The molecule has 2 aliphatic rings. The van der Waals surface area contributed by atoms with Gasteiger partial charge in [0.25, 0.3) is 5.91 Å². The molecule has 4 nitrogen and oxygen atoms in total. The van der Waals surface area contributed by atoms with Crippen LogP contribution in [0.3, 0.4) is 0 Å². The largest absolute Gasteiger partial charge is 0.335 e. The molecule has 1 amide bonds. The maximum atomic E-state index is 13.5. The van der Waals surface area contributed by atoms with Crippen molar-refractivity contribution < 1.29 is 4.79 Å². The Morgan fingerprint density at radius 3 is 2.46 bits per heavy atom. The third-order valence-electron chi connectivity index (χ3n) is 5.80. The number of benzene rings is 2. The van der Waals surface area contributed by atoms with Gasteiger partial charge in [-0.3, -0.25) is 4.79 Å². The highest BCUT2D eigenvalue weighted by Crippen LogP contribution is 2.34. The lowest BCUT2D eigenvalue weighted by Gasteiger charge is -2.37. The summed E-state index contributed by atoms with van der Waals surface area (Å²) in [7, 11) is 0. The minimum atomic E-state index is 0.212. The van der Waals surface area contributed by atoms with Gasteiger partial charge in [0.05, 0.1) is 11.1 Å². The molecule has 0 unspecified atom stereocenters. The van der Waals surface area contributed by atoms with Crippen LogP contribution in [0.1, 0.15) is 28.9 Å². The molecule has 26 heavy (non-hydrogen) atoms. The first kappa shape index (κ1) is 15.6. The standard InChI is InChI=1S/C22H23N3O/c26-22-21-18-8-4-5-9-19(18)25(17-6-2-1-3-7-17)20(21)12-15-24(22)16-10-13-23-14-11-16/h1-9,16,23H,10-15H2. The van der Waals surface area contributed by atoms with Crippen molar-refractivity contribution in [1.82, 2.24) is 14.8 Å². The first-order valence-corrected chi connectivity index (χ1v) is 9.54. The minimum absolute atomic E-state index is 0.212. The van der Waals surface area contributed by atoms with Crippen LogP contribution in [-0.2, 0) is 6.42 Å². The molecule has 0 spiro atoms. The van der Waals surface area contributed by atoms with E-state index in [1.54, 1.807) is 0 Å². The molecule has 132 valence electrons. The number of amides is 1. The van der Waals surface area contributed by atoms with Gasteiger partial charge in [-0.15, -0.1) is 0 Å². The van der Waals surface area contributed by atoms with Crippen LogP contribution >= 0.6 is 0 Å². The Morgan fingerprint density at radius 2 is 1.65 bits per heavy atom. The fourth-order valence-corrected chi connectivity index (χ4v) is 4.58. The van der Waals surface area contributed by atoms with Crippen molar-refractivity contribution in [2.24, 2.45) is 0 Å². The van der Waals surface area contributed by atoms with E-state index in [4.69, 9.17) is 0 Å². The van der Waals surface area contributed by atoms with Crippen LogP contribution in [0.15, 0.2) is 54.6 Å². The zero-order valence-electron chi connectivity index (χ0n) is 14.8. The summed E-state index contributed by atoms with van der Waals surface area (Å²) in [4.78, 5) is 15.6. The number of hydrogen-bond donors (Lipinski definition) is 1. The summed E-state index contributed by atoms with van der Waals surface area (Å²) >= 11 is 0. The average Bonchev–Trinajstić information content (AvgIpc) is 3.05. The fourth-order valence-electron chi connectivity index (χ4n) is 4.58. The van der Waals surface area contributed by atoms with Crippen LogP contribution in [0.2, 0.25) is 0 Å². The molecule has 1 saturated heterocycles. The summed E-state index contributed by atoms with van der Waals surface area (Å²) in [6, 6.07) is 19.1. The maximum Gasteiger partial charge on any atom is 0.256 e. The number of para-hydroxylation sites is 2. The second-order valence-electron chi connectivity index (χ2n) is 7.24. The molecule has 2 aliphatic heterocycles. The SMILES string of the molecule is O=C1c2c(n(-c3ccccc3)c3ccccc23)CCN1C1CCNCC1. The highest BCUT2D eigenvalue weighted by atomic mass is 16.2. The van der Waals surface area contributed by atoms with E-state index in [1.165, 1.54) is 0 Å². The van der Waals surface area contributed by atoms with Crippen molar-refractivity contribution in [3.8, 4) is 5.69 Å². The van der Waals surface area contributed by atoms with Gasteiger partial charge < -0.3 is 14.8 Å². The number of aromatic nitrogens is 1. The Bertz CT molecular complexity index is 954. The molecule has 3 aromatic rings. The van der Waals surface area contributed by atoms with Crippen LogP contribution in [0.4, 0.5) is 0 Å². The van der Waals surface area contributed by atoms with Crippen molar-refractivity contribution >= 4 is 16.8 Å². The molecule has 0 radical (unpaired) electrons. The summed E-state index contributed by atoms with van der Waals surface area (Å²) in [6.07, 6.45) is 3.02. The molecule has 1 aromatic heterocycles. The summed E-state index contributed by atoms with van der Waals surface area (Å²) < 4.78 is 2.28. The number of rotatable bonds is 2. The van der Waals surface area contributed by atoms with Crippen LogP contribution in [0.5, 0.6) is 0 Å². The van der Waals surface area contributed by atoms with Crippen molar-refractivity contribution in [3.05, 3.63) is 65.9 Å². The van der Waals surface area contributed by atoms with E-state index >= 15 is 0 Å². The fraction of sp³-hybridized carbons (Fsp3) is 0.318. The first-order chi connectivity index (χ1) is 12.8. The molecule has 0 atom stereocenters. The van der Waals surface area contributed by atoms with E-state index in [-0.39, 0.29) is 5.91 Å². The van der Waals surface area contributed by atoms with Gasteiger partial charge in [-0.1, -0.05) is 36.4 Å². The van der Waals surface area contributed by atoms with Crippen molar-refractivity contribution in [2.45, 2.75) is 25.3 Å². The number of carbonyl (C=O) groups is 1. The Labute approximate surface area is 153 Å². The summed E-state index contributed by atoms with van der Waals surface area (Å²) in [5.74, 6) is 0.212. The molecule has 0 bridgehead atoms. The van der Waals surface area contributed by atoms with Crippen LogP contribution in [0, 0.1) is 0 Å². The van der Waals surface area contributed by atoms with Crippen LogP contribution < -0.4 is 5.32 Å². The second kappa shape index (κ2) is 6.29. The van der Waals surface area contributed by atoms with Gasteiger partial charge in [-0.05, 0) is 44.1 Å². The third-order valence-corrected chi connectivity index (χ3v) is 5.80. The number of piperidine rings is 1. The molecule has 4 heteroatoms. The number of carbonyl (C=O) groups excluding carboxylic acids is 1. The quantitative estimate of drug-likeness (QED) is 0.773. The van der Waals surface area contributed by atoms with Gasteiger partial charge in [-0.2, -0.15) is 0 Å². The van der Waals surface area contributed by atoms with E-state index < -0.39 is 0 Å². The Balaban J connectivity index is 1.66. The Kier molecular flexibility index (Phi) is 3.79. The second-order valence-corrected chi connectivity index (χ2v) is 7.24. The highest BCUT2D eigenvalue weighted by molar-refractivity contribution is 6.09. The summed E-state index contributed by atoms with van der Waals surface area (Å²) in [5.41, 5.74) is 4.33. The summed E-state index contributed by atoms with van der Waals surface area (Å²) in [5, 5.41) is 4.48. The maximum absolute atomic E-state index is 13.5. The third kappa shape index (κ3) is 2.36.